The Morgan fingerprint density at radius 1 is 1.47 bits per heavy atom. The Labute approximate surface area is 115 Å². The Bertz CT molecular complexity index is 685. The summed E-state index contributed by atoms with van der Waals surface area (Å²) in [5.74, 6) is 0.697. The summed E-state index contributed by atoms with van der Waals surface area (Å²) in [7, 11) is 0. The van der Waals surface area contributed by atoms with E-state index in [2.05, 4.69) is 10.1 Å². The molecule has 1 unspecified atom stereocenters. The molecule has 3 nitrogen and oxygen atoms in total. The number of hydrogen-bond acceptors (Lipinski definition) is 2. The number of hydrogen-bond donors (Lipinski definition) is 0. The number of allylic oxidation sites excluding steroid dienone is 4. The highest BCUT2D eigenvalue weighted by Gasteiger charge is 2.29. The van der Waals surface area contributed by atoms with Gasteiger partial charge in [-0.1, -0.05) is 29.8 Å². The van der Waals surface area contributed by atoms with Gasteiger partial charge in [0.15, 0.2) is 0 Å². The molecule has 1 atom stereocenters. The van der Waals surface area contributed by atoms with E-state index >= 15 is 0 Å². The lowest BCUT2D eigenvalue weighted by atomic mass is 9.88. The van der Waals surface area contributed by atoms with Gasteiger partial charge in [0, 0.05) is 12.8 Å². The van der Waals surface area contributed by atoms with E-state index in [-0.39, 0.29) is 0 Å². The summed E-state index contributed by atoms with van der Waals surface area (Å²) >= 11 is 5.89. The molecule has 98 valence electrons. The second-order valence-electron chi connectivity index (χ2n) is 4.87. The Morgan fingerprint density at radius 3 is 3.11 bits per heavy atom. The fourth-order valence-electron chi connectivity index (χ4n) is 2.22. The van der Waals surface area contributed by atoms with Crippen LogP contribution >= 0.6 is 11.6 Å². The van der Waals surface area contributed by atoms with Crippen LogP contribution in [0.25, 0.3) is 5.52 Å². The van der Waals surface area contributed by atoms with Gasteiger partial charge in [0.25, 0.3) is 0 Å². The number of aromatic nitrogens is 3. The van der Waals surface area contributed by atoms with E-state index in [9.17, 15) is 4.39 Å². The summed E-state index contributed by atoms with van der Waals surface area (Å²) in [5, 5.41) is 4.60. The van der Waals surface area contributed by atoms with Crippen LogP contribution in [0.5, 0.6) is 0 Å². The maximum absolute atomic E-state index is 14.4. The van der Waals surface area contributed by atoms with Crippen molar-refractivity contribution in [3.63, 3.8) is 0 Å². The molecule has 1 aliphatic carbocycles. The number of fused-ring (bicyclic) bond motifs is 1. The van der Waals surface area contributed by atoms with Gasteiger partial charge in [0.2, 0.25) is 0 Å². The van der Waals surface area contributed by atoms with Crippen molar-refractivity contribution in [2.24, 2.45) is 0 Å². The Kier molecular flexibility index (Phi) is 2.90. The van der Waals surface area contributed by atoms with Crippen molar-refractivity contribution < 1.29 is 4.39 Å². The van der Waals surface area contributed by atoms with Crippen LogP contribution < -0.4 is 0 Å². The number of nitrogens with zero attached hydrogens (tertiary/aromatic N) is 3. The van der Waals surface area contributed by atoms with Crippen LogP contribution in [0.4, 0.5) is 4.39 Å². The fourth-order valence-corrected chi connectivity index (χ4v) is 2.36. The normalized spacial score (nSPS) is 22.8. The maximum atomic E-state index is 14.4. The van der Waals surface area contributed by atoms with Crippen molar-refractivity contribution in [3.8, 4) is 0 Å². The molecule has 3 rings (SSSR count). The van der Waals surface area contributed by atoms with E-state index < -0.39 is 5.67 Å². The lowest BCUT2D eigenvalue weighted by Crippen LogP contribution is -2.24. The second-order valence-corrected chi connectivity index (χ2v) is 5.25. The molecule has 0 aromatic carbocycles. The van der Waals surface area contributed by atoms with Crippen molar-refractivity contribution >= 4 is 17.1 Å². The van der Waals surface area contributed by atoms with Gasteiger partial charge in [-0.25, -0.2) is 13.9 Å². The molecule has 2 aromatic heterocycles. The lowest BCUT2D eigenvalue weighted by Gasteiger charge is -2.24. The van der Waals surface area contributed by atoms with Crippen molar-refractivity contribution in [1.82, 2.24) is 14.6 Å². The molecule has 2 heterocycles. The molecule has 5 heteroatoms. The zero-order valence-corrected chi connectivity index (χ0v) is 11.2. The summed E-state index contributed by atoms with van der Waals surface area (Å²) in [6.07, 6.45) is 8.08. The molecule has 19 heavy (non-hydrogen) atoms. The predicted molar refractivity (Wildman–Crippen MR) is 73.1 cm³/mol. The van der Waals surface area contributed by atoms with Crippen LogP contribution in [0.3, 0.4) is 0 Å². The molecule has 0 amide bonds. The van der Waals surface area contributed by atoms with Gasteiger partial charge >= 0.3 is 0 Å². The van der Waals surface area contributed by atoms with Gasteiger partial charge < -0.3 is 0 Å². The van der Waals surface area contributed by atoms with Crippen LogP contribution in [0.1, 0.15) is 19.2 Å². The fraction of sp³-hybridized carbons (Fsp3) is 0.286. The van der Waals surface area contributed by atoms with Crippen LogP contribution in [0.2, 0.25) is 5.15 Å². The highest BCUT2D eigenvalue weighted by molar-refractivity contribution is 6.29. The number of alkyl halides is 1. The van der Waals surface area contributed by atoms with E-state index in [0.29, 0.717) is 29.4 Å². The van der Waals surface area contributed by atoms with Crippen LogP contribution in [-0.2, 0) is 6.42 Å². The largest absolute Gasteiger partial charge is 0.239 e. The minimum absolute atomic E-state index is 0.396. The average molecular weight is 278 g/mol. The highest BCUT2D eigenvalue weighted by atomic mass is 35.5. The standard InChI is InChI=1S/C14H13ClFN3/c1-14(16)7-3-2-4-10(14)8-13-17-9-11-5-6-12(15)18-19(11)13/h2-6,9H,7-8H2,1H3. The third-order valence-corrected chi connectivity index (χ3v) is 3.58. The first-order chi connectivity index (χ1) is 9.06. The second kappa shape index (κ2) is 4.46. The minimum atomic E-state index is -1.32. The third-order valence-electron chi connectivity index (χ3n) is 3.37. The molecular formula is C14H13ClFN3. The summed E-state index contributed by atoms with van der Waals surface area (Å²) in [5.41, 5.74) is 0.246. The Morgan fingerprint density at radius 2 is 2.32 bits per heavy atom. The Balaban J connectivity index is 2.00. The predicted octanol–water partition coefficient (Wildman–Crippen LogP) is 3.54. The number of rotatable bonds is 2. The maximum Gasteiger partial charge on any atom is 0.150 e. The SMILES string of the molecule is CC1(F)CC=CC=C1Cc1ncc2ccc(Cl)nn12. The molecular weight excluding hydrogens is 265 g/mol. The van der Waals surface area contributed by atoms with Gasteiger partial charge in [0.05, 0.1) is 11.7 Å². The average Bonchev–Trinajstić information content (AvgIpc) is 2.74. The first-order valence-corrected chi connectivity index (χ1v) is 6.48. The van der Waals surface area contributed by atoms with E-state index in [1.165, 1.54) is 0 Å². The van der Waals surface area contributed by atoms with Gasteiger partial charge in [-0.05, 0) is 24.6 Å². The van der Waals surface area contributed by atoms with Crippen LogP contribution in [0, 0.1) is 0 Å². The van der Waals surface area contributed by atoms with Gasteiger partial charge in [-0.2, -0.15) is 5.10 Å². The summed E-state index contributed by atoms with van der Waals surface area (Å²) in [6, 6.07) is 3.56. The molecule has 0 aliphatic heterocycles. The molecule has 0 N–H and O–H groups in total. The number of imidazole rings is 1. The molecule has 0 bridgehead atoms. The van der Waals surface area contributed by atoms with Crippen molar-refractivity contribution in [2.45, 2.75) is 25.4 Å². The van der Waals surface area contributed by atoms with Crippen LogP contribution in [0.15, 0.2) is 42.1 Å². The van der Waals surface area contributed by atoms with Crippen molar-refractivity contribution in [2.75, 3.05) is 0 Å². The zero-order chi connectivity index (χ0) is 13.5. The van der Waals surface area contributed by atoms with Crippen LogP contribution in [-0.4, -0.2) is 20.3 Å². The molecule has 0 saturated carbocycles. The molecule has 0 fully saturated rings. The monoisotopic (exact) mass is 277 g/mol. The van der Waals surface area contributed by atoms with E-state index in [0.717, 1.165) is 5.52 Å². The molecule has 1 aliphatic rings. The van der Waals surface area contributed by atoms with E-state index in [4.69, 9.17) is 11.6 Å². The highest BCUT2D eigenvalue weighted by Crippen LogP contribution is 2.31. The summed E-state index contributed by atoms with van der Waals surface area (Å²) in [4.78, 5) is 4.31. The molecule has 2 aromatic rings. The first kappa shape index (κ1) is 12.4. The third kappa shape index (κ3) is 2.28. The molecule has 0 radical (unpaired) electrons. The summed E-state index contributed by atoms with van der Waals surface area (Å²) in [6.45, 7) is 1.60. The minimum Gasteiger partial charge on any atom is -0.239 e. The summed E-state index contributed by atoms with van der Waals surface area (Å²) < 4.78 is 16.1. The number of halogens is 2. The lowest BCUT2D eigenvalue weighted by molar-refractivity contribution is 0.236. The molecule has 0 spiro atoms. The van der Waals surface area contributed by atoms with Crippen molar-refractivity contribution in [3.05, 3.63) is 53.1 Å². The van der Waals surface area contributed by atoms with Gasteiger partial charge in [0.1, 0.15) is 16.6 Å². The molecule has 0 saturated heterocycles. The van der Waals surface area contributed by atoms with E-state index in [1.54, 1.807) is 23.7 Å². The van der Waals surface area contributed by atoms with Crippen molar-refractivity contribution in [1.29, 1.82) is 0 Å². The first-order valence-electron chi connectivity index (χ1n) is 6.10. The topological polar surface area (TPSA) is 30.2 Å². The van der Waals surface area contributed by atoms with Gasteiger partial charge in [-0.3, -0.25) is 0 Å². The quantitative estimate of drug-likeness (QED) is 0.840. The van der Waals surface area contributed by atoms with E-state index in [1.807, 2.05) is 24.3 Å². The Hall–Kier alpha value is -1.68. The van der Waals surface area contributed by atoms with Gasteiger partial charge in [-0.15, -0.1) is 0 Å². The smallest absolute Gasteiger partial charge is 0.150 e. The zero-order valence-electron chi connectivity index (χ0n) is 10.5.